The molecule has 21 heavy (non-hydrogen) atoms. The highest BCUT2D eigenvalue weighted by Gasteiger charge is 2.35. The zero-order valence-corrected chi connectivity index (χ0v) is 14.0. The lowest BCUT2D eigenvalue weighted by Crippen LogP contribution is -2.46. The third kappa shape index (κ3) is 3.79. The number of carbonyl (C=O) groups excluding carboxylic acids is 1. The lowest BCUT2D eigenvalue weighted by atomic mass is 9.90. The van der Waals surface area contributed by atoms with Gasteiger partial charge in [-0.2, -0.15) is 11.3 Å². The van der Waals surface area contributed by atoms with Gasteiger partial charge in [-0.25, -0.2) is 4.79 Å². The molecule has 2 aliphatic carbocycles. The summed E-state index contributed by atoms with van der Waals surface area (Å²) in [4.78, 5) is 14.6. The van der Waals surface area contributed by atoms with Gasteiger partial charge in [0.2, 0.25) is 0 Å². The predicted molar refractivity (Wildman–Crippen MR) is 85.8 cm³/mol. The van der Waals surface area contributed by atoms with Gasteiger partial charge in [0.05, 0.1) is 0 Å². The van der Waals surface area contributed by atoms with Gasteiger partial charge in [0.25, 0.3) is 0 Å². The SMILES string of the molecule is CC(C)(C)OC(=O)N(CC1CC1)C1CCc2cscc2C1. The van der Waals surface area contributed by atoms with E-state index in [0.29, 0.717) is 12.0 Å². The van der Waals surface area contributed by atoms with Crippen LogP contribution in [-0.2, 0) is 17.6 Å². The van der Waals surface area contributed by atoms with E-state index in [2.05, 4.69) is 10.8 Å². The second kappa shape index (κ2) is 5.64. The van der Waals surface area contributed by atoms with Gasteiger partial charge in [-0.3, -0.25) is 0 Å². The van der Waals surface area contributed by atoms with E-state index in [1.807, 2.05) is 25.7 Å². The molecule has 0 radical (unpaired) electrons. The number of thiophene rings is 1. The Hall–Kier alpha value is -1.03. The van der Waals surface area contributed by atoms with Crippen LogP contribution in [-0.4, -0.2) is 29.2 Å². The topological polar surface area (TPSA) is 29.5 Å². The number of carbonyl (C=O) groups is 1. The smallest absolute Gasteiger partial charge is 0.410 e. The molecular formula is C17H25NO2S. The van der Waals surface area contributed by atoms with Crippen molar-refractivity contribution in [1.82, 2.24) is 4.90 Å². The van der Waals surface area contributed by atoms with E-state index in [4.69, 9.17) is 4.74 Å². The van der Waals surface area contributed by atoms with Crippen LogP contribution in [0, 0.1) is 5.92 Å². The summed E-state index contributed by atoms with van der Waals surface area (Å²) in [6, 6.07) is 0.308. The largest absolute Gasteiger partial charge is 0.444 e. The van der Waals surface area contributed by atoms with Crippen LogP contribution in [0.15, 0.2) is 10.8 Å². The molecule has 1 atom stereocenters. The molecule has 3 nitrogen and oxygen atoms in total. The summed E-state index contributed by atoms with van der Waals surface area (Å²) in [5, 5.41) is 4.50. The molecule has 2 aliphatic rings. The van der Waals surface area contributed by atoms with Gasteiger partial charge in [0, 0.05) is 12.6 Å². The fraction of sp³-hybridized carbons (Fsp3) is 0.706. The zero-order valence-electron chi connectivity index (χ0n) is 13.2. The van der Waals surface area contributed by atoms with Crippen LogP contribution >= 0.6 is 11.3 Å². The average molecular weight is 307 g/mol. The molecular weight excluding hydrogens is 282 g/mol. The molecule has 1 heterocycles. The first kappa shape index (κ1) is 14.9. The summed E-state index contributed by atoms with van der Waals surface area (Å²) in [6.45, 7) is 6.70. The van der Waals surface area contributed by atoms with Crippen molar-refractivity contribution < 1.29 is 9.53 Å². The van der Waals surface area contributed by atoms with Gasteiger partial charge in [0.1, 0.15) is 5.60 Å². The number of ether oxygens (including phenoxy) is 1. The molecule has 0 saturated heterocycles. The highest BCUT2D eigenvalue weighted by Crippen LogP contribution is 2.34. The van der Waals surface area contributed by atoms with Gasteiger partial charge in [-0.1, -0.05) is 0 Å². The van der Waals surface area contributed by atoms with Crippen LogP contribution in [0.2, 0.25) is 0 Å². The Morgan fingerprint density at radius 1 is 1.29 bits per heavy atom. The fourth-order valence-corrected chi connectivity index (χ4v) is 3.88. The maximum Gasteiger partial charge on any atom is 0.410 e. The number of nitrogens with zero attached hydrogens (tertiary/aromatic N) is 1. The third-order valence-corrected chi connectivity index (χ3v) is 5.10. The Balaban J connectivity index is 1.71. The monoisotopic (exact) mass is 307 g/mol. The van der Waals surface area contributed by atoms with E-state index in [1.54, 1.807) is 11.3 Å². The summed E-state index contributed by atoms with van der Waals surface area (Å²) >= 11 is 1.78. The lowest BCUT2D eigenvalue weighted by Gasteiger charge is -2.35. The lowest BCUT2D eigenvalue weighted by molar-refractivity contribution is 0.0135. The van der Waals surface area contributed by atoms with Crippen molar-refractivity contribution in [3.8, 4) is 0 Å². The van der Waals surface area contributed by atoms with Crippen molar-refractivity contribution in [1.29, 1.82) is 0 Å². The molecule has 1 fully saturated rings. The van der Waals surface area contributed by atoms with Crippen LogP contribution < -0.4 is 0 Å². The van der Waals surface area contributed by atoms with Gasteiger partial charge in [0.15, 0.2) is 0 Å². The Kier molecular flexibility index (Phi) is 4.00. The van der Waals surface area contributed by atoms with Crippen molar-refractivity contribution in [2.24, 2.45) is 5.92 Å². The predicted octanol–water partition coefficient (Wildman–Crippen LogP) is 4.25. The average Bonchev–Trinajstić information content (AvgIpc) is 3.09. The van der Waals surface area contributed by atoms with Crippen LogP contribution in [0.1, 0.15) is 51.2 Å². The van der Waals surface area contributed by atoms with Crippen molar-refractivity contribution in [3.63, 3.8) is 0 Å². The molecule has 116 valence electrons. The summed E-state index contributed by atoms with van der Waals surface area (Å²) in [7, 11) is 0. The molecule has 0 aliphatic heterocycles. The number of hydrogen-bond donors (Lipinski definition) is 0. The highest BCUT2D eigenvalue weighted by atomic mass is 32.1. The maximum atomic E-state index is 12.6. The molecule has 1 amide bonds. The summed E-state index contributed by atoms with van der Waals surface area (Å²) in [5.74, 6) is 0.696. The third-order valence-electron chi connectivity index (χ3n) is 4.26. The van der Waals surface area contributed by atoms with E-state index < -0.39 is 5.60 Å². The molecule has 1 aromatic heterocycles. The first-order valence-corrected chi connectivity index (χ1v) is 8.90. The second-order valence-corrected chi connectivity index (χ2v) is 8.14. The van der Waals surface area contributed by atoms with E-state index in [9.17, 15) is 4.79 Å². The van der Waals surface area contributed by atoms with E-state index in [-0.39, 0.29) is 6.09 Å². The zero-order chi connectivity index (χ0) is 15.0. The number of rotatable bonds is 3. The normalized spacial score (nSPS) is 21.8. The van der Waals surface area contributed by atoms with E-state index >= 15 is 0 Å². The maximum absolute atomic E-state index is 12.6. The Morgan fingerprint density at radius 3 is 2.67 bits per heavy atom. The van der Waals surface area contributed by atoms with Crippen molar-refractivity contribution in [2.45, 2.75) is 64.5 Å². The molecule has 0 N–H and O–H groups in total. The Labute approximate surface area is 131 Å². The van der Waals surface area contributed by atoms with Crippen LogP contribution in [0.3, 0.4) is 0 Å². The number of aryl methyl sites for hydroxylation is 1. The molecule has 0 bridgehead atoms. The van der Waals surface area contributed by atoms with Gasteiger partial charge in [-0.05, 0) is 80.7 Å². The molecule has 1 saturated carbocycles. The quantitative estimate of drug-likeness (QED) is 0.835. The second-order valence-electron chi connectivity index (χ2n) is 7.39. The minimum Gasteiger partial charge on any atom is -0.444 e. The minimum absolute atomic E-state index is 0.127. The minimum atomic E-state index is -0.416. The molecule has 0 spiro atoms. The first-order valence-electron chi connectivity index (χ1n) is 7.96. The number of fused-ring (bicyclic) bond motifs is 1. The Bertz CT molecular complexity index is 513. The summed E-state index contributed by atoms with van der Waals surface area (Å²) in [6.07, 6.45) is 5.54. The molecule has 4 heteroatoms. The van der Waals surface area contributed by atoms with Crippen LogP contribution in [0.5, 0.6) is 0 Å². The molecule has 1 aromatic rings. The van der Waals surface area contributed by atoms with Crippen LogP contribution in [0.25, 0.3) is 0 Å². The molecule has 1 unspecified atom stereocenters. The summed E-state index contributed by atoms with van der Waals surface area (Å²) in [5.41, 5.74) is 2.49. The van der Waals surface area contributed by atoms with Gasteiger partial charge in [-0.15, -0.1) is 0 Å². The highest BCUT2D eigenvalue weighted by molar-refractivity contribution is 7.08. The first-order chi connectivity index (χ1) is 9.92. The standard InChI is InChI=1S/C17H25NO2S/c1-17(2,3)20-16(19)18(9-12-4-5-12)15-7-6-13-10-21-11-14(13)8-15/h10-12,15H,4-9H2,1-3H3. The van der Waals surface area contributed by atoms with Crippen molar-refractivity contribution >= 4 is 17.4 Å². The molecule has 3 rings (SSSR count). The van der Waals surface area contributed by atoms with Gasteiger partial charge >= 0.3 is 6.09 Å². The van der Waals surface area contributed by atoms with Crippen LogP contribution in [0.4, 0.5) is 4.79 Å². The summed E-state index contributed by atoms with van der Waals surface area (Å²) < 4.78 is 5.64. The van der Waals surface area contributed by atoms with E-state index in [1.165, 1.54) is 24.0 Å². The number of hydrogen-bond acceptors (Lipinski definition) is 3. The van der Waals surface area contributed by atoms with Crippen molar-refractivity contribution in [2.75, 3.05) is 6.54 Å². The fourth-order valence-electron chi connectivity index (χ4n) is 2.96. The van der Waals surface area contributed by atoms with E-state index in [0.717, 1.165) is 25.8 Å². The van der Waals surface area contributed by atoms with Gasteiger partial charge < -0.3 is 9.64 Å². The number of amides is 1. The Morgan fingerprint density at radius 2 is 2.00 bits per heavy atom. The molecule has 0 aromatic carbocycles. The van der Waals surface area contributed by atoms with Crippen molar-refractivity contribution in [3.05, 3.63) is 21.9 Å².